The van der Waals surface area contributed by atoms with E-state index in [0.29, 0.717) is 5.15 Å². The molecule has 0 unspecified atom stereocenters. The Kier molecular flexibility index (Phi) is 6.21. The number of nitrogens with one attached hydrogen (secondary N) is 1. The summed E-state index contributed by atoms with van der Waals surface area (Å²) in [5.41, 5.74) is 4.56. The maximum Gasteiger partial charge on any atom is 0.248 e. The third kappa shape index (κ3) is 4.26. The lowest BCUT2D eigenvalue weighted by Gasteiger charge is -2.09. The average molecular weight is 346 g/mol. The van der Waals surface area contributed by atoms with Crippen LogP contribution in [0.25, 0.3) is 6.08 Å². The Morgan fingerprint density at radius 2 is 1.96 bits per heavy atom. The van der Waals surface area contributed by atoms with Crippen LogP contribution in [0, 0.1) is 20.8 Å². The molecule has 1 amide bonds. The molecule has 0 fully saturated rings. The highest BCUT2D eigenvalue weighted by Gasteiger charge is 2.11. The second-order valence-corrected chi connectivity index (χ2v) is 6.31. The molecule has 128 valence electrons. The molecule has 0 radical (unpaired) electrons. The Morgan fingerprint density at radius 1 is 1.29 bits per heavy atom. The standard InChI is InChI=1S/C19H24ClN3O/c1-5-6-12-23-19(20)16(15(4)22-23)10-11-17(24)21-18-13(2)8-7-9-14(18)3/h7-11H,5-6,12H2,1-4H3,(H,21,24)/b11-10+. The molecule has 0 bridgehead atoms. The maximum absolute atomic E-state index is 12.2. The first-order chi connectivity index (χ1) is 11.4. The predicted octanol–water partition coefficient (Wildman–Crippen LogP) is 4.91. The molecule has 0 saturated carbocycles. The van der Waals surface area contributed by atoms with Crippen molar-refractivity contribution in [2.24, 2.45) is 0 Å². The van der Waals surface area contributed by atoms with Gasteiger partial charge in [0.25, 0.3) is 0 Å². The summed E-state index contributed by atoms with van der Waals surface area (Å²) in [4.78, 5) is 12.2. The monoisotopic (exact) mass is 345 g/mol. The number of para-hydroxylation sites is 1. The summed E-state index contributed by atoms with van der Waals surface area (Å²) in [5, 5.41) is 7.95. The molecule has 1 N–H and O–H groups in total. The number of carbonyl (C=O) groups excluding carboxylic acids is 1. The van der Waals surface area contributed by atoms with Crippen molar-refractivity contribution in [2.45, 2.75) is 47.1 Å². The van der Waals surface area contributed by atoms with Gasteiger partial charge in [-0.25, -0.2) is 0 Å². The van der Waals surface area contributed by atoms with Gasteiger partial charge < -0.3 is 5.32 Å². The van der Waals surface area contributed by atoms with Gasteiger partial charge in [0.1, 0.15) is 5.15 Å². The number of unbranched alkanes of at least 4 members (excludes halogenated alkanes) is 1. The van der Waals surface area contributed by atoms with Gasteiger partial charge in [0.05, 0.1) is 5.69 Å². The van der Waals surface area contributed by atoms with E-state index in [4.69, 9.17) is 11.6 Å². The third-order valence-corrected chi connectivity index (χ3v) is 4.36. The molecule has 0 aliphatic rings. The highest BCUT2D eigenvalue weighted by Crippen LogP contribution is 2.22. The molecule has 1 aromatic heterocycles. The molecule has 0 aliphatic carbocycles. The Bertz CT molecular complexity index is 742. The Hall–Kier alpha value is -2.07. The summed E-state index contributed by atoms with van der Waals surface area (Å²) in [5.74, 6) is -0.177. The van der Waals surface area contributed by atoms with Crippen molar-refractivity contribution >= 4 is 29.3 Å². The number of rotatable bonds is 6. The third-order valence-electron chi connectivity index (χ3n) is 3.96. The number of anilines is 1. The van der Waals surface area contributed by atoms with Crippen LogP contribution in [0.5, 0.6) is 0 Å². The van der Waals surface area contributed by atoms with E-state index in [1.165, 1.54) is 6.08 Å². The molecule has 0 aliphatic heterocycles. The number of hydrogen-bond donors (Lipinski definition) is 1. The highest BCUT2D eigenvalue weighted by molar-refractivity contribution is 6.31. The van der Waals surface area contributed by atoms with Crippen LogP contribution in [0.15, 0.2) is 24.3 Å². The van der Waals surface area contributed by atoms with Crippen molar-refractivity contribution in [3.63, 3.8) is 0 Å². The largest absolute Gasteiger partial charge is 0.322 e. The van der Waals surface area contributed by atoms with Crippen LogP contribution in [0.1, 0.15) is 42.1 Å². The van der Waals surface area contributed by atoms with Gasteiger partial charge in [-0.05, 0) is 44.4 Å². The Balaban J connectivity index is 2.13. The molecule has 1 aromatic carbocycles. The zero-order chi connectivity index (χ0) is 17.7. The number of aryl methyl sites for hydroxylation is 4. The van der Waals surface area contributed by atoms with E-state index in [2.05, 4.69) is 17.3 Å². The summed E-state index contributed by atoms with van der Waals surface area (Å²) >= 11 is 6.38. The van der Waals surface area contributed by atoms with Crippen molar-refractivity contribution in [1.82, 2.24) is 9.78 Å². The number of hydrogen-bond acceptors (Lipinski definition) is 2. The van der Waals surface area contributed by atoms with Gasteiger partial charge in [0, 0.05) is 23.9 Å². The summed E-state index contributed by atoms with van der Waals surface area (Å²) in [6, 6.07) is 5.93. The van der Waals surface area contributed by atoms with E-state index >= 15 is 0 Å². The van der Waals surface area contributed by atoms with Crippen LogP contribution in [0.2, 0.25) is 5.15 Å². The molecule has 5 heteroatoms. The summed E-state index contributed by atoms with van der Waals surface area (Å²) in [6.07, 6.45) is 5.34. The van der Waals surface area contributed by atoms with E-state index in [0.717, 1.165) is 47.5 Å². The van der Waals surface area contributed by atoms with Crippen molar-refractivity contribution in [3.8, 4) is 0 Å². The molecule has 2 aromatic rings. The van der Waals surface area contributed by atoms with E-state index in [9.17, 15) is 4.79 Å². The topological polar surface area (TPSA) is 46.9 Å². The van der Waals surface area contributed by atoms with Crippen LogP contribution in [0.3, 0.4) is 0 Å². The lowest BCUT2D eigenvalue weighted by atomic mass is 10.1. The highest BCUT2D eigenvalue weighted by atomic mass is 35.5. The van der Waals surface area contributed by atoms with Crippen LogP contribution in [-0.4, -0.2) is 15.7 Å². The predicted molar refractivity (Wildman–Crippen MR) is 100 cm³/mol. The normalized spacial score (nSPS) is 11.2. The van der Waals surface area contributed by atoms with E-state index in [1.807, 2.05) is 39.0 Å². The maximum atomic E-state index is 12.2. The average Bonchev–Trinajstić information content (AvgIpc) is 2.81. The number of nitrogens with zero attached hydrogens (tertiary/aromatic N) is 2. The van der Waals surface area contributed by atoms with Gasteiger partial charge in [0.15, 0.2) is 0 Å². The number of aromatic nitrogens is 2. The van der Waals surface area contributed by atoms with Crippen LogP contribution in [0.4, 0.5) is 5.69 Å². The summed E-state index contributed by atoms with van der Waals surface area (Å²) in [6.45, 7) is 8.77. The molecule has 4 nitrogen and oxygen atoms in total. The van der Waals surface area contributed by atoms with E-state index in [-0.39, 0.29) is 5.91 Å². The second kappa shape index (κ2) is 8.15. The fourth-order valence-corrected chi connectivity index (χ4v) is 2.87. The first-order valence-corrected chi connectivity index (χ1v) is 8.60. The lowest BCUT2D eigenvalue weighted by molar-refractivity contribution is -0.111. The molecule has 0 saturated heterocycles. The minimum absolute atomic E-state index is 0.177. The minimum atomic E-state index is -0.177. The molecule has 2 rings (SSSR count). The molecule has 24 heavy (non-hydrogen) atoms. The van der Waals surface area contributed by atoms with Gasteiger partial charge in [-0.15, -0.1) is 0 Å². The molecular formula is C19H24ClN3O. The molecule has 0 atom stereocenters. The van der Waals surface area contributed by atoms with Crippen molar-refractivity contribution in [2.75, 3.05) is 5.32 Å². The van der Waals surface area contributed by atoms with Crippen LogP contribution >= 0.6 is 11.6 Å². The summed E-state index contributed by atoms with van der Waals surface area (Å²) in [7, 11) is 0. The molecule has 0 spiro atoms. The molecular weight excluding hydrogens is 322 g/mol. The first kappa shape index (κ1) is 18.3. The first-order valence-electron chi connectivity index (χ1n) is 8.22. The minimum Gasteiger partial charge on any atom is -0.322 e. The SMILES string of the molecule is CCCCn1nc(C)c(/C=C/C(=O)Nc2c(C)cccc2C)c1Cl. The fourth-order valence-electron chi connectivity index (χ4n) is 2.55. The lowest BCUT2D eigenvalue weighted by Crippen LogP contribution is -2.10. The zero-order valence-corrected chi connectivity index (χ0v) is 15.4. The summed E-state index contributed by atoms with van der Waals surface area (Å²) < 4.78 is 1.80. The smallest absolute Gasteiger partial charge is 0.248 e. The zero-order valence-electron chi connectivity index (χ0n) is 14.7. The molecule has 1 heterocycles. The van der Waals surface area contributed by atoms with Crippen molar-refractivity contribution in [3.05, 3.63) is 51.8 Å². The number of halogens is 1. The van der Waals surface area contributed by atoms with Gasteiger partial charge in [0.2, 0.25) is 5.91 Å². The van der Waals surface area contributed by atoms with Gasteiger partial charge in [-0.2, -0.15) is 5.10 Å². The van der Waals surface area contributed by atoms with Crippen LogP contribution in [-0.2, 0) is 11.3 Å². The van der Waals surface area contributed by atoms with Crippen LogP contribution < -0.4 is 5.32 Å². The number of amides is 1. The second-order valence-electron chi connectivity index (χ2n) is 5.96. The van der Waals surface area contributed by atoms with E-state index in [1.54, 1.807) is 10.8 Å². The fraction of sp³-hybridized carbons (Fsp3) is 0.368. The number of carbonyl (C=O) groups is 1. The van der Waals surface area contributed by atoms with E-state index < -0.39 is 0 Å². The Labute approximate surface area is 148 Å². The van der Waals surface area contributed by atoms with Gasteiger partial charge in [-0.1, -0.05) is 43.1 Å². The quantitative estimate of drug-likeness (QED) is 0.756. The van der Waals surface area contributed by atoms with Gasteiger partial charge in [-0.3, -0.25) is 9.48 Å². The Morgan fingerprint density at radius 3 is 2.58 bits per heavy atom. The van der Waals surface area contributed by atoms with Crippen molar-refractivity contribution in [1.29, 1.82) is 0 Å². The number of benzene rings is 1. The van der Waals surface area contributed by atoms with Gasteiger partial charge >= 0.3 is 0 Å². The van der Waals surface area contributed by atoms with Crippen molar-refractivity contribution < 1.29 is 4.79 Å².